The SMILES string of the molecule is CNC(C(=O)NC(C(=O)N(C)C(C=C(C)C(=O)NS(=O)(=O)Cc1cccc(C(F)(F)F)c1)C(C)C)C(C)(C)C)C(C)(C)c1ccccc1. The van der Waals surface area contributed by atoms with Crippen molar-refractivity contribution in [3.63, 3.8) is 0 Å². The fraction of sp³-hybridized carbons (Fsp3) is 0.514. The van der Waals surface area contributed by atoms with Gasteiger partial charge in [-0.3, -0.25) is 14.4 Å². The number of halogens is 3. The van der Waals surface area contributed by atoms with Gasteiger partial charge in [0, 0.05) is 18.0 Å². The molecule has 0 bridgehead atoms. The summed E-state index contributed by atoms with van der Waals surface area (Å²) >= 11 is 0. The molecule has 266 valence electrons. The predicted molar refractivity (Wildman–Crippen MR) is 181 cm³/mol. The Balaban J connectivity index is 2.29. The minimum atomic E-state index is -4.65. The van der Waals surface area contributed by atoms with Crippen LogP contribution in [0.3, 0.4) is 0 Å². The van der Waals surface area contributed by atoms with Crippen molar-refractivity contribution in [2.45, 2.75) is 90.9 Å². The van der Waals surface area contributed by atoms with Gasteiger partial charge in [-0.05, 0) is 42.5 Å². The third-order valence-electron chi connectivity index (χ3n) is 8.31. The predicted octanol–water partition coefficient (Wildman–Crippen LogP) is 5.18. The molecule has 3 amide bonds. The topological polar surface area (TPSA) is 125 Å². The summed E-state index contributed by atoms with van der Waals surface area (Å²) in [4.78, 5) is 42.2. The molecule has 0 radical (unpaired) electrons. The van der Waals surface area contributed by atoms with E-state index >= 15 is 0 Å². The minimum Gasteiger partial charge on any atom is -0.342 e. The van der Waals surface area contributed by atoms with Crippen LogP contribution in [0.4, 0.5) is 13.2 Å². The van der Waals surface area contributed by atoms with E-state index in [1.54, 1.807) is 14.1 Å². The van der Waals surface area contributed by atoms with E-state index in [0.717, 1.165) is 17.7 Å². The van der Waals surface area contributed by atoms with Gasteiger partial charge in [0.1, 0.15) is 6.04 Å². The molecule has 2 rings (SSSR count). The Morgan fingerprint density at radius 2 is 1.46 bits per heavy atom. The molecule has 0 aliphatic carbocycles. The number of carbonyl (C=O) groups excluding carboxylic acids is 3. The lowest BCUT2D eigenvalue weighted by Crippen LogP contribution is -2.61. The number of rotatable bonds is 13. The zero-order valence-electron chi connectivity index (χ0n) is 29.3. The molecule has 2 aromatic carbocycles. The first-order valence-corrected chi connectivity index (χ1v) is 17.3. The molecule has 0 aliphatic heterocycles. The second-order valence-electron chi connectivity index (χ2n) is 14.0. The molecule has 13 heteroatoms. The van der Waals surface area contributed by atoms with Gasteiger partial charge in [-0.25, -0.2) is 13.1 Å². The summed E-state index contributed by atoms with van der Waals surface area (Å²) in [5, 5.41) is 6.06. The van der Waals surface area contributed by atoms with Crippen LogP contribution in [0.1, 0.15) is 72.1 Å². The molecular formula is C35H49F3N4O5S. The van der Waals surface area contributed by atoms with Crippen LogP contribution in [0.25, 0.3) is 0 Å². The molecule has 0 saturated heterocycles. The lowest BCUT2D eigenvalue weighted by molar-refractivity contribution is -0.141. The third-order valence-corrected chi connectivity index (χ3v) is 9.52. The second-order valence-corrected chi connectivity index (χ2v) is 15.8. The maximum absolute atomic E-state index is 14.1. The van der Waals surface area contributed by atoms with E-state index in [9.17, 15) is 36.0 Å². The van der Waals surface area contributed by atoms with Crippen molar-refractivity contribution >= 4 is 27.7 Å². The first-order valence-electron chi connectivity index (χ1n) is 15.6. The molecule has 0 spiro atoms. The van der Waals surface area contributed by atoms with Gasteiger partial charge in [-0.2, -0.15) is 13.2 Å². The number of sulfonamides is 1. The monoisotopic (exact) mass is 694 g/mol. The van der Waals surface area contributed by atoms with Gasteiger partial charge < -0.3 is 15.5 Å². The number of alkyl halides is 3. The number of hydrogen-bond acceptors (Lipinski definition) is 6. The Labute approximate surface area is 282 Å². The lowest BCUT2D eigenvalue weighted by Gasteiger charge is -2.40. The van der Waals surface area contributed by atoms with Gasteiger partial charge >= 0.3 is 6.18 Å². The first-order chi connectivity index (χ1) is 21.9. The normalized spacial score (nSPS) is 15.0. The lowest BCUT2D eigenvalue weighted by atomic mass is 9.76. The van der Waals surface area contributed by atoms with E-state index in [1.165, 1.54) is 24.0 Å². The molecule has 0 saturated carbocycles. The number of nitrogens with one attached hydrogen (secondary N) is 3. The minimum absolute atomic E-state index is 0.0165. The van der Waals surface area contributed by atoms with Crippen LogP contribution in [0, 0.1) is 11.3 Å². The van der Waals surface area contributed by atoms with E-state index in [-0.39, 0.29) is 23.0 Å². The highest BCUT2D eigenvalue weighted by atomic mass is 32.2. The van der Waals surface area contributed by atoms with Crippen molar-refractivity contribution in [3.8, 4) is 0 Å². The number of carbonyl (C=O) groups is 3. The second kappa shape index (κ2) is 15.7. The summed E-state index contributed by atoms with van der Waals surface area (Å²) in [7, 11) is -1.13. The Morgan fingerprint density at radius 3 is 1.96 bits per heavy atom. The molecule has 0 heterocycles. The number of hydrogen-bond donors (Lipinski definition) is 3. The molecule has 48 heavy (non-hydrogen) atoms. The summed E-state index contributed by atoms with van der Waals surface area (Å²) in [6, 6.07) is 11.1. The van der Waals surface area contributed by atoms with Gasteiger partial charge in [0.25, 0.3) is 5.91 Å². The first kappa shape index (κ1) is 40.5. The zero-order chi connectivity index (χ0) is 36.8. The smallest absolute Gasteiger partial charge is 0.342 e. The van der Waals surface area contributed by atoms with E-state index in [0.29, 0.717) is 6.07 Å². The van der Waals surface area contributed by atoms with Gasteiger partial charge in [0.2, 0.25) is 21.8 Å². The van der Waals surface area contributed by atoms with Crippen molar-refractivity contribution in [2.75, 3.05) is 14.1 Å². The highest BCUT2D eigenvalue weighted by Crippen LogP contribution is 2.31. The summed E-state index contributed by atoms with van der Waals surface area (Å²) < 4.78 is 66.6. The molecule has 3 atom stereocenters. The van der Waals surface area contributed by atoms with Crippen LogP contribution in [-0.2, 0) is 41.8 Å². The summed E-state index contributed by atoms with van der Waals surface area (Å²) in [5.74, 6) is -2.84. The Hall–Kier alpha value is -3.71. The molecule has 0 fully saturated rings. The Bertz CT molecular complexity index is 1580. The van der Waals surface area contributed by atoms with Crippen LogP contribution in [0.5, 0.6) is 0 Å². The van der Waals surface area contributed by atoms with Crippen LogP contribution < -0.4 is 15.4 Å². The summed E-state index contributed by atoms with van der Waals surface area (Å²) in [5.41, 5.74) is -1.57. The third kappa shape index (κ3) is 10.6. The number of nitrogens with zero attached hydrogens (tertiary/aromatic N) is 1. The highest BCUT2D eigenvalue weighted by Gasteiger charge is 2.41. The van der Waals surface area contributed by atoms with Crippen LogP contribution in [0.2, 0.25) is 0 Å². The van der Waals surface area contributed by atoms with Crippen LogP contribution >= 0.6 is 0 Å². The average Bonchev–Trinajstić information content (AvgIpc) is 2.97. The van der Waals surface area contributed by atoms with E-state index in [1.807, 2.05) is 83.5 Å². The van der Waals surface area contributed by atoms with Crippen molar-refractivity contribution in [1.82, 2.24) is 20.3 Å². The van der Waals surface area contributed by atoms with Gasteiger partial charge in [0.15, 0.2) is 0 Å². The molecule has 3 unspecified atom stereocenters. The van der Waals surface area contributed by atoms with Crippen molar-refractivity contribution in [1.29, 1.82) is 0 Å². The van der Waals surface area contributed by atoms with Crippen molar-refractivity contribution < 1.29 is 36.0 Å². The average molecular weight is 695 g/mol. The summed E-state index contributed by atoms with van der Waals surface area (Å²) in [6.07, 6.45) is -3.19. The fourth-order valence-corrected chi connectivity index (χ4v) is 6.61. The van der Waals surface area contributed by atoms with E-state index in [4.69, 9.17) is 0 Å². The van der Waals surface area contributed by atoms with Crippen LogP contribution in [0.15, 0.2) is 66.2 Å². The van der Waals surface area contributed by atoms with Crippen LogP contribution in [-0.4, -0.2) is 63.3 Å². The Morgan fingerprint density at radius 1 is 0.896 bits per heavy atom. The maximum Gasteiger partial charge on any atom is 0.416 e. The van der Waals surface area contributed by atoms with Gasteiger partial charge in [0.05, 0.1) is 23.4 Å². The standard InChI is InChI=1S/C35H49F3N4O5S/c1-22(2)27(19-23(3)30(43)41-48(46,47)21-24-15-14-18-26(20-24)35(36,37)38)42(10)32(45)29(33(4,5)6)40-31(44)28(39-9)34(7,8)25-16-12-11-13-17-25/h11-20,22,27-29,39H,21H2,1-10H3,(H,40,44)(H,41,43). The zero-order valence-corrected chi connectivity index (χ0v) is 30.1. The highest BCUT2D eigenvalue weighted by molar-refractivity contribution is 7.89. The van der Waals surface area contributed by atoms with Crippen molar-refractivity contribution in [2.24, 2.45) is 11.3 Å². The Kier molecular flexibility index (Phi) is 13.2. The molecule has 2 aromatic rings. The number of amides is 3. The number of likely N-dealkylation sites (N-methyl/N-ethyl adjacent to an activating group) is 2. The summed E-state index contributed by atoms with van der Waals surface area (Å²) in [6.45, 7) is 14.4. The quantitative estimate of drug-likeness (QED) is 0.249. The van der Waals surface area contributed by atoms with Gasteiger partial charge in [-0.15, -0.1) is 0 Å². The fourth-order valence-electron chi connectivity index (χ4n) is 5.48. The molecule has 3 N–H and O–H groups in total. The van der Waals surface area contributed by atoms with E-state index in [2.05, 4.69) is 10.6 Å². The molecule has 0 aliphatic rings. The maximum atomic E-state index is 14.1. The van der Waals surface area contributed by atoms with Gasteiger partial charge in [-0.1, -0.05) is 103 Å². The molecule has 0 aromatic heterocycles. The van der Waals surface area contributed by atoms with Crippen molar-refractivity contribution in [3.05, 3.63) is 82.9 Å². The van der Waals surface area contributed by atoms with E-state index < -0.39 is 68.3 Å². The molecular weight excluding hydrogens is 645 g/mol. The number of benzene rings is 2. The largest absolute Gasteiger partial charge is 0.416 e. The molecule has 9 nitrogen and oxygen atoms in total.